The van der Waals surface area contributed by atoms with Crippen LogP contribution in [0.5, 0.6) is 0 Å². The van der Waals surface area contributed by atoms with Crippen molar-refractivity contribution < 1.29 is 9.59 Å². The Kier molecular flexibility index (Phi) is 3.88. The minimum absolute atomic E-state index is 0.360. The molecule has 16 heavy (non-hydrogen) atoms. The van der Waals surface area contributed by atoms with Gasteiger partial charge in [-0.25, -0.2) is 0 Å². The van der Waals surface area contributed by atoms with Crippen molar-refractivity contribution >= 4 is 11.8 Å². The monoisotopic (exact) mass is 223 g/mol. The fourth-order valence-electron chi connectivity index (χ4n) is 1.95. The first-order chi connectivity index (χ1) is 7.52. The third-order valence-electron chi connectivity index (χ3n) is 3.13. The number of primary amides is 1. The molecule has 0 aromatic heterocycles. The van der Waals surface area contributed by atoms with E-state index in [0.29, 0.717) is 12.8 Å². The molecule has 0 spiro atoms. The molecule has 0 radical (unpaired) electrons. The summed E-state index contributed by atoms with van der Waals surface area (Å²) >= 11 is 0. The van der Waals surface area contributed by atoms with Crippen molar-refractivity contribution in [3.63, 3.8) is 0 Å². The van der Waals surface area contributed by atoms with Gasteiger partial charge in [0, 0.05) is 0 Å². The molecule has 5 heteroatoms. The summed E-state index contributed by atoms with van der Waals surface area (Å²) in [5, 5.41) is 11.6. The van der Waals surface area contributed by atoms with Gasteiger partial charge in [0.1, 0.15) is 11.5 Å². The lowest BCUT2D eigenvalue weighted by atomic mass is 9.74. The van der Waals surface area contributed by atoms with Crippen molar-refractivity contribution in [1.29, 1.82) is 5.26 Å². The second-order valence-electron chi connectivity index (χ2n) is 4.35. The molecule has 2 amide bonds. The van der Waals surface area contributed by atoms with E-state index in [1.165, 1.54) is 6.92 Å². The quantitative estimate of drug-likeness (QED) is 0.727. The number of nitrogens with zero attached hydrogens (tertiary/aromatic N) is 1. The summed E-state index contributed by atoms with van der Waals surface area (Å²) < 4.78 is 0. The Morgan fingerprint density at radius 2 is 1.94 bits per heavy atom. The van der Waals surface area contributed by atoms with Gasteiger partial charge in [-0.15, -0.1) is 0 Å². The molecule has 88 valence electrons. The maximum absolute atomic E-state index is 11.9. The first-order valence-electron chi connectivity index (χ1n) is 5.53. The zero-order chi connectivity index (χ0) is 12.2. The van der Waals surface area contributed by atoms with Crippen LogP contribution in [0.1, 0.15) is 39.0 Å². The zero-order valence-electron chi connectivity index (χ0n) is 9.45. The van der Waals surface area contributed by atoms with Crippen LogP contribution in [-0.2, 0) is 9.59 Å². The summed E-state index contributed by atoms with van der Waals surface area (Å²) in [7, 11) is 0. The number of rotatable bonds is 3. The molecule has 1 rings (SSSR count). The molecule has 5 nitrogen and oxygen atoms in total. The van der Waals surface area contributed by atoms with Crippen LogP contribution >= 0.6 is 0 Å². The first kappa shape index (κ1) is 12.5. The molecule has 1 aliphatic rings. The van der Waals surface area contributed by atoms with Gasteiger partial charge in [0.05, 0.1) is 6.07 Å². The summed E-state index contributed by atoms with van der Waals surface area (Å²) in [5.41, 5.74) is 4.11. The summed E-state index contributed by atoms with van der Waals surface area (Å²) in [6.45, 7) is 1.52. The predicted octanol–water partition coefficient (Wildman–Crippen LogP) is 0.450. The second kappa shape index (κ2) is 4.97. The van der Waals surface area contributed by atoms with Crippen molar-refractivity contribution in [3.05, 3.63) is 0 Å². The van der Waals surface area contributed by atoms with E-state index in [0.717, 1.165) is 19.3 Å². The Morgan fingerprint density at radius 3 is 2.38 bits per heavy atom. The molecule has 0 aromatic carbocycles. The molecule has 0 aliphatic heterocycles. The number of nitriles is 1. The van der Waals surface area contributed by atoms with Gasteiger partial charge in [-0.05, 0) is 19.8 Å². The SMILES string of the molecule is CC(NC(=O)C1(C#N)CCCCC1)C(N)=O. The molecular formula is C11H17N3O2. The number of carbonyl (C=O) groups is 2. The summed E-state index contributed by atoms with van der Waals surface area (Å²) in [4.78, 5) is 22.8. The van der Waals surface area contributed by atoms with Crippen LogP contribution in [0.25, 0.3) is 0 Å². The van der Waals surface area contributed by atoms with Gasteiger partial charge in [0.25, 0.3) is 0 Å². The van der Waals surface area contributed by atoms with E-state index in [1.54, 1.807) is 0 Å². The van der Waals surface area contributed by atoms with E-state index in [-0.39, 0.29) is 5.91 Å². The van der Waals surface area contributed by atoms with Crippen molar-refractivity contribution in [2.75, 3.05) is 0 Å². The lowest BCUT2D eigenvalue weighted by Crippen LogP contribution is -2.49. The lowest BCUT2D eigenvalue weighted by Gasteiger charge is -2.30. The molecule has 0 aromatic rings. The number of hydrogen-bond acceptors (Lipinski definition) is 3. The number of amides is 2. The Morgan fingerprint density at radius 1 is 1.38 bits per heavy atom. The van der Waals surface area contributed by atoms with E-state index < -0.39 is 17.4 Å². The predicted molar refractivity (Wildman–Crippen MR) is 57.9 cm³/mol. The number of nitrogens with one attached hydrogen (secondary N) is 1. The van der Waals surface area contributed by atoms with Crippen LogP contribution in [0.15, 0.2) is 0 Å². The fourth-order valence-corrected chi connectivity index (χ4v) is 1.95. The maximum atomic E-state index is 11.9. The van der Waals surface area contributed by atoms with Crippen molar-refractivity contribution in [1.82, 2.24) is 5.32 Å². The number of nitrogens with two attached hydrogens (primary N) is 1. The van der Waals surface area contributed by atoms with Gasteiger partial charge in [-0.2, -0.15) is 5.26 Å². The van der Waals surface area contributed by atoms with Crippen LogP contribution in [0.2, 0.25) is 0 Å². The highest BCUT2D eigenvalue weighted by Crippen LogP contribution is 2.35. The molecule has 1 atom stereocenters. The summed E-state index contributed by atoms with van der Waals surface area (Å²) in [6.07, 6.45) is 3.96. The van der Waals surface area contributed by atoms with Crippen LogP contribution in [0, 0.1) is 16.7 Å². The molecule has 0 bridgehead atoms. The van der Waals surface area contributed by atoms with Crippen LogP contribution in [-0.4, -0.2) is 17.9 Å². The standard InChI is InChI=1S/C11H17N3O2/c1-8(9(13)15)14-10(16)11(7-12)5-3-2-4-6-11/h8H,2-6H2,1H3,(H2,13,15)(H,14,16). The van der Waals surface area contributed by atoms with Crippen molar-refractivity contribution in [2.24, 2.45) is 11.1 Å². The molecule has 3 N–H and O–H groups in total. The van der Waals surface area contributed by atoms with E-state index in [4.69, 9.17) is 11.0 Å². The largest absolute Gasteiger partial charge is 0.368 e. The minimum atomic E-state index is -0.956. The smallest absolute Gasteiger partial charge is 0.241 e. The van der Waals surface area contributed by atoms with E-state index >= 15 is 0 Å². The third-order valence-corrected chi connectivity index (χ3v) is 3.13. The molecule has 1 unspecified atom stereocenters. The van der Waals surface area contributed by atoms with E-state index in [2.05, 4.69) is 11.4 Å². The van der Waals surface area contributed by atoms with Gasteiger partial charge < -0.3 is 11.1 Å². The fraction of sp³-hybridized carbons (Fsp3) is 0.727. The molecule has 1 aliphatic carbocycles. The normalized spacial score (nSPS) is 20.5. The molecule has 0 saturated heterocycles. The minimum Gasteiger partial charge on any atom is -0.368 e. The van der Waals surface area contributed by atoms with Gasteiger partial charge in [0.2, 0.25) is 11.8 Å². The van der Waals surface area contributed by atoms with Gasteiger partial charge in [0.15, 0.2) is 0 Å². The van der Waals surface area contributed by atoms with Crippen molar-refractivity contribution in [2.45, 2.75) is 45.1 Å². The topological polar surface area (TPSA) is 96.0 Å². The summed E-state index contributed by atoms with van der Waals surface area (Å²) in [5.74, 6) is -0.946. The first-order valence-corrected chi connectivity index (χ1v) is 5.53. The highest BCUT2D eigenvalue weighted by molar-refractivity contribution is 5.90. The van der Waals surface area contributed by atoms with Gasteiger partial charge in [-0.1, -0.05) is 19.3 Å². The highest BCUT2D eigenvalue weighted by Gasteiger charge is 2.40. The Labute approximate surface area is 95.0 Å². The van der Waals surface area contributed by atoms with Crippen LogP contribution < -0.4 is 11.1 Å². The van der Waals surface area contributed by atoms with Crippen LogP contribution in [0.3, 0.4) is 0 Å². The van der Waals surface area contributed by atoms with E-state index in [9.17, 15) is 9.59 Å². The van der Waals surface area contributed by atoms with Crippen LogP contribution in [0.4, 0.5) is 0 Å². The molecule has 1 fully saturated rings. The average molecular weight is 223 g/mol. The Balaban J connectivity index is 2.70. The molecular weight excluding hydrogens is 206 g/mol. The summed E-state index contributed by atoms with van der Waals surface area (Å²) in [6, 6.07) is 1.37. The third kappa shape index (κ3) is 2.51. The number of carbonyl (C=O) groups excluding carboxylic acids is 2. The Bertz CT molecular complexity index is 327. The second-order valence-corrected chi connectivity index (χ2v) is 4.35. The maximum Gasteiger partial charge on any atom is 0.241 e. The molecule has 0 heterocycles. The zero-order valence-corrected chi connectivity index (χ0v) is 9.45. The van der Waals surface area contributed by atoms with Gasteiger partial charge >= 0.3 is 0 Å². The number of hydrogen-bond donors (Lipinski definition) is 2. The van der Waals surface area contributed by atoms with E-state index in [1.807, 2.05) is 0 Å². The lowest BCUT2D eigenvalue weighted by molar-refractivity contribution is -0.133. The van der Waals surface area contributed by atoms with Crippen molar-refractivity contribution in [3.8, 4) is 6.07 Å². The Hall–Kier alpha value is -1.57. The highest BCUT2D eigenvalue weighted by atomic mass is 16.2. The van der Waals surface area contributed by atoms with Gasteiger partial charge in [-0.3, -0.25) is 9.59 Å². The average Bonchev–Trinajstić information content (AvgIpc) is 2.29. The molecule has 1 saturated carbocycles.